The topological polar surface area (TPSA) is 12.0 Å². The van der Waals surface area contributed by atoms with Gasteiger partial charge in [0.1, 0.15) is 0 Å². The van der Waals surface area contributed by atoms with E-state index in [-0.39, 0.29) is 0 Å². The molecule has 0 aromatic carbocycles. The van der Waals surface area contributed by atoms with Crippen molar-refractivity contribution in [1.82, 2.24) is 5.32 Å². The molecule has 1 aromatic rings. The zero-order chi connectivity index (χ0) is 11.8. The first-order valence-corrected chi connectivity index (χ1v) is 7.88. The SMILES string of the molecule is CC(C)C1CC(NCc2cc3c(s2)CCC3)C1. The number of aryl methyl sites for hydroxylation is 2. The molecule has 94 valence electrons. The van der Waals surface area contributed by atoms with Crippen molar-refractivity contribution in [3.05, 3.63) is 21.4 Å². The van der Waals surface area contributed by atoms with Crippen LogP contribution in [0.1, 0.15) is 48.4 Å². The third-order valence-electron chi connectivity index (χ3n) is 4.48. The maximum atomic E-state index is 3.72. The van der Waals surface area contributed by atoms with Gasteiger partial charge in [-0.05, 0) is 55.6 Å². The van der Waals surface area contributed by atoms with Gasteiger partial charge in [-0.15, -0.1) is 11.3 Å². The first-order valence-electron chi connectivity index (χ1n) is 7.06. The summed E-state index contributed by atoms with van der Waals surface area (Å²) in [6.45, 7) is 5.81. The molecule has 1 fully saturated rings. The van der Waals surface area contributed by atoms with Crippen LogP contribution in [0.3, 0.4) is 0 Å². The molecule has 0 aliphatic heterocycles. The molecule has 0 spiro atoms. The molecular formula is C15H23NS. The summed E-state index contributed by atoms with van der Waals surface area (Å²) in [5.41, 5.74) is 1.64. The van der Waals surface area contributed by atoms with E-state index in [0.717, 1.165) is 24.4 Å². The average Bonchev–Trinajstić information content (AvgIpc) is 2.73. The predicted octanol–water partition coefficient (Wildman–Crippen LogP) is 3.76. The Morgan fingerprint density at radius 2 is 2.18 bits per heavy atom. The van der Waals surface area contributed by atoms with Crippen molar-refractivity contribution >= 4 is 11.3 Å². The quantitative estimate of drug-likeness (QED) is 0.856. The molecule has 0 atom stereocenters. The van der Waals surface area contributed by atoms with E-state index in [1.54, 1.807) is 15.3 Å². The van der Waals surface area contributed by atoms with E-state index in [4.69, 9.17) is 0 Å². The highest BCUT2D eigenvalue weighted by Gasteiger charge is 2.30. The minimum atomic E-state index is 0.791. The highest BCUT2D eigenvalue weighted by Crippen LogP contribution is 2.34. The normalized spacial score (nSPS) is 27.2. The summed E-state index contributed by atoms with van der Waals surface area (Å²) < 4.78 is 0. The van der Waals surface area contributed by atoms with Crippen molar-refractivity contribution in [1.29, 1.82) is 0 Å². The second-order valence-corrected chi connectivity index (χ2v) is 7.29. The third-order valence-corrected chi connectivity index (χ3v) is 5.72. The van der Waals surface area contributed by atoms with Gasteiger partial charge in [0.05, 0.1) is 0 Å². The Kier molecular flexibility index (Phi) is 3.27. The summed E-state index contributed by atoms with van der Waals surface area (Å²) in [5, 5.41) is 3.72. The van der Waals surface area contributed by atoms with Crippen LogP contribution in [0.5, 0.6) is 0 Å². The smallest absolute Gasteiger partial charge is 0.0302 e. The Morgan fingerprint density at radius 1 is 1.35 bits per heavy atom. The summed E-state index contributed by atoms with van der Waals surface area (Å²) in [7, 11) is 0. The molecule has 3 rings (SSSR count). The summed E-state index contributed by atoms with van der Waals surface area (Å²) >= 11 is 2.04. The van der Waals surface area contributed by atoms with Gasteiger partial charge in [0.15, 0.2) is 0 Å². The number of hydrogen-bond donors (Lipinski definition) is 1. The molecule has 1 N–H and O–H groups in total. The monoisotopic (exact) mass is 249 g/mol. The van der Waals surface area contributed by atoms with Gasteiger partial charge < -0.3 is 5.32 Å². The van der Waals surface area contributed by atoms with Crippen LogP contribution in [0.2, 0.25) is 0 Å². The Labute approximate surface area is 109 Å². The largest absolute Gasteiger partial charge is 0.309 e. The minimum absolute atomic E-state index is 0.791. The molecule has 0 unspecified atom stereocenters. The van der Waals surface area contributed by atoms with Gasteiger partial charge in [0.2, 0.25) is 0 Å². The van der Waals surface area contributed by atoms with Crippen LogP contribution in [0, 0.1) is 11.8 Å². The zero-order valence-corrected chi connectivity index (χ0v) is 11.8. The van der Waals surface area contributed by atoms with Crippen molar-refractivity contribution in [3.63, 3.8) is 0 Å². The highest BCUT2D eigenvalue weighted by atomic mass is 32.1. The Bertz CT molecular complexity index is 366. The fourth-order valence-electron chi connectivity index (χ4n) is 3.10. The summed E-state index contributed by atoms with van der Waals surface area (Å²) in [5.74, 6) is 1.85. The number of hydrogen-bond acceptors (Lipinski definition) is 2. The fourth-order valence-corrected chi connectivity index (χ4v) is 4.31. The molecule has 1 saturated carbocycles. The predicted molar refractivity (Wildman–Crippen MR) is 74.5 cm³/mol. The lowest BCUT2D eigenvalue weighted by molar-refractivity contribution is 0.168. The van der Waals surface area contributed by atoms with E-state index in [2.05, 4.69) is 25.2 Å². The zero-order valence-electron chi connectivity index (χ0n) is 11.0. The van der Waals surface area contributed by atoms with Crippen molar-refractivity contribution in [3.8, 4) is 0 Å². The summed E-state index contributed by atoms with van der Waals surface area (Å²) in [4.78, 5) is 3.22. The van der Waals surface area contributed by atoms with Crippen LogP contribution < -0.4 is 5.32 Å². The van der Waals surface area contributed by atoms with Gasteiger partial charge in [-0.1, -0.05) is 13.8 Å². The number of thiophene rings is 1. The molecule has 2 aliphatic rings. The number of rotatable bonds is 4. The van der Waals surface area contributed by atoms with Crippen molar-refractivity contribution in [2.24, 2.45) is 11.8 Å². The van der Waals surface area contributed by atoms with Gasteiger partial charge in [-0.2, -0.15) is 0 Å². The third kappa shape index (κ3) is 2.43. The number of fused-ring (bicyclic) bond motifs is 1. The standard InChI is InChI=1S/C15H23NS/c1-10(2)12-6-13(7-12)16-9-14-8-11-4-3-5-15(11)17-14/h8,10,12-13,16H,3-7,9H2,1-2H3. The first-order chi connectivity index (χ1) is 8.22. The molecule has 2 aliphatic carbocycles. The molecule has 0 saturated heterocycles. The lowest BCUT2D eigenvalue weighted by Crippen LogP contribution is -2.42. The average molecular weight is 249 g/mol. The molecule has 2 heteroatoms. The van der Waals surface area contributed by atoms with Crippen LogP contribution >= 0.6 is 11.3 Å². The van der Waals surface area contributed by atoms with Crippen molar-refractivity contribution in [2.45, 2.75) is 58.5 Å². The molecule has 0 radical (unpaired) electrons. The Hall–Kier alpha value is -0.340. The lowest BCUT2D eigenvalue weighted by Gasteiger charge is -2.38. The van der Waals surface area contributed by atoms with Crippen LogP contribution in [-0.2, 0) is 19.4 Å². The van der Waals surface area contributed by atoms with Gasteiger partial charge in [0, 0.05) is 22.3 Å². The van der Waals surface area contributed by atoms with Crippen molar-refractivity contribution in [2.75, 3.05) is 0 Å². The Morgan fingerprint density at radius 3 is 2.88 bits per heavy atom. The molecule has 1 heterocycles. The number of nitrogens with one attached hydrogen (secondary N) is 1. The molecule has 0 amide bonds. The summed E-state index contributed by atoms with van der Waals surface area (Å²) in [6, 6.07) is 3.23. The van der Waals surface area contributed by atoms with E-state index >= 15 is 0 Å². The second kappa shape index (κ2) is 4.74. The fraction of sp³-hybridized carbons (Fsp3) is 0.733. The van der Waals surface area contributed by atoms with Gasteiger partial charge >= 0.3 is 0 Å². The van der Waals surface area contributed by atoms with E-state index in [0.29, 0.717) is 0 Å². The molecule has 1 aromatic heterocycles. The summed E-state index contributed by atoms with van der Waals surface area (Å²) in [6.07, 6.45) is 6.82. The molecule has 0 bridgehead atoms. The maximum absolute atomic E-state index is 3.72. The van der Waals surface area contributed by atoms with E-state index in [9.17, 15) is 0 Å². The van der Waals surface area contributed by atoms with Gasteiger partial charge in [-0.25, -0.2) is 0 Å². The van der Waals surface area contributed by atoms with E-state index < -0.39 is 0 Å². The molecular weight excluding hydrogens is 226 g/mol. The van der Waals surface area contributed by atoms with Gasteiger partial charge in [0.25, 0.3) is 0 Å². The van der Waals surface area contributed by atoms with E-state index in [1.165, 1.54) is 32.1 Å². The maximum Gasteiger partial charge on any atom is 0.0302 e. The van der Waals surface area contributed by atoms with Gasteiger partial charge in [-0.3, -0.25) is 0 Å². The minimum Gasteiger partial charge on any atom is -0.309 e. The van der Waals surface area contributed by atoms with Crippen LogP contribution in [-0.4, -0.2) is 6.04 Å². The van der Waals surface area contributed by atoms with Crippen LogP contribution in [0.25, 0.3) is 0 Å². The van der Waals surface area contributed by atoms with Crippen LogP contribution in [0.4, 0.5) is 0 Å². The molecule has 17 heavy (non-hydrogen) atoms. The molecule has 1 nitrogen and oxygen atoms in total. The van der Waals surface area contributed by atoms with Crippen LogP contribution in [0.15, 0.2) is 6.07 Å². The second-order valence-electron chi connectivity index (χ2n) is 6.07. The van der Waals surface area contributed by atoms with E-state index in [1.807, 2.05) is 11.3 Å². The van der Waals surface area contributed by atoms with Crippen molar-refractivity contribution < 1.29 is 0 Å². The first kappa shape index (κ1) is 11.7. The Balaban J connectivity index is 1.46. The lowest BCUT2D eigenvalue weighted by atomic mass is 9.74. The highest BCUT2D eigenvalue weighted by molar-refractivity contribution is 7.12.